The summed E-state index contributed by atoms with van der Waals surface area (Å²) in [6.07, 6.45) is 0. The van der Waals surface area contributed by atoms with E-state index in [2.05, 4.69) is 15.8 Å². The van der Waals surface area contributed by atoms with Crippen molar-refractivity contribution < 1.29 is 18.5 Å². The van der Waals surface area contributed by atoms with Crippen molar-refractivity contribution in [2.75, 3.05) is 10.6 Å². The van der Waals surface area contributed by atoms with Gasteiger partial charge in [-0.05, 0) is 36.4 Å². The topological polar surface area (TPSA) is 84.2 Å². The molecule has 0 spiro atoms. The summed E-state index contributed by atoms with van der Waals surface area (Å²) >= 11 is 0. The largest absolute Gasteiger partial charge is 0.355 e. The van der Waals surface area contributed by atoms with Gasteiger partial charge in [-0.25, -0.2) is 4.39 Å². The Balaban J connectivity index is 1.63. The fourth-order valence-corrected chi connectivity index (χ4v) is 2.97. The molecule has 29 heavy (non-hydrogen) atoms. The van der Waals surface area contributed by atoms with Gasteiger partial charge in [0, 0.05) is 23.7 Å². The number of nitrogens with zero attached hydrogens (tertiary/aromatic N) is 1. The van der Waals surface area contributed by atoms with Crippen molar-refractivity contribution in [1.29, 1.82) is 0 Å². The van der Waals surface area contributed by atoms with Gasteiger partial charge in [0.15, 0.2) is 5.76 Å². The van der Waals surface area contributed by atoms with Gasteiger partial charge in [-0.2, -0.15) is 0 Å². The number of hydrogen-bond acceptors (Lipinski definition) is 4. The second kappa shape index (κ2) is 7.55. The van der Waals surface area contributed by atoms with Crippen LogP contribution in [0.2, 0.25) is 0 Å². The van der Waals surface area contributed by atoms with Crippen molar-refractivity contribution >= 4 is 34.1 Å². The zero-order valence-electron chi connectivity index (χ0n) is 15.4. The summed E-state index contributed by atoms with van der Waals surface area (Å²) < 4.78 is 19.2. The third-order valence-electron chi connectivity index (χ3n) is 4.31. The lowest BCUT2D eigenvalue weighted by atomic mass is 10.1. The molecule has 4 rings (SSSR count). The normalized spacial score (nSPS) is 10.7. The van der Waals surface area contributed by atoms with Crippen LogP contribution < -0.4 is 10.6 Å². The van der Waals surface area contributed by atoms with Crippen molar-refractivity contribution in [3.05, 3.63) is 78.1 Å². The van der Waals surface area contributed by atoms with Gasteiger partial charge in [-0.1, -0.05) is 35.5 Å². The standard InChI is InChI=1S/C22H16FN3O3/c1-13(27)24-20-12-16(8-9-18(20)23)25-22(28)15-7-10-19-17(11-15)21(29-26-19)14-5-3-2-4-6-14/h2-12H,1H3,(H,24,27)(H,25,28). The van der Waals surface area contributed by atoms with E-state index in [1.54, 1.807) is 18.2 Å². The van der Waals surface area contributed by atoms with E-state index in [-0.39, 0.29) is 11.6 Å². The quantitative estimate of drug-likeness (QED) is 0.523. The lowest BCUT2D eigenvalue weighted by molar-refractivity contribution is -0.114. The van der Waals surface area contributed by atoms with Gasteiger partial charge in [0.2, 0.25) is 5.91 Å². The van der Waals surface area contributed by atoms with E-state index in [0.717, 1.165) is 5.56 Å². The SMILES string of the molecule is CC(=O)Nc1cc(NC(=O)c2ccc3noc(-c4ccccc4)c3c2)ccc1F. The van der Waals surface area contributed by atoms with Gasteiger partial charge >= 0.3 is 0 Å². The lowest BCUT2D eigenvalue weighted by Crippen LogP contribution is -2.13. The van der Waals surface area contributed by atoms with Crippen LogP contribution in [0.5, 0.6) is 0 Å². The van der Waals surface area contributed by atoms with Crippen LogP contribution in [0.15, 0.2) is 71.3 Å². The third-order valence-corrected chi connectivity index (χ3v) is 4.31. The third kappa shape index (κ3) is 3.84. The Bertz CT molecular complexity index is 1220. The van der Waals surface area contributed by atoms with Gasteiger partial charge in [-0.3, -0.25) is 9.59 Å². The average Bonchev–Trinajstić information content (AvgIpc) is 3.14. The molecule has 0 fully saturated rings. The molecule has 2 amide bonds. The Morgan fingerprint density at radius 1 is 0.966 bits per heavy atom. The molecule has 144 valence electrons. The predicted octanol–water partition coefficient (Wildman–Crippen LogP) is 4.84. The average molecular weight is 389 g/mol. The van der Waals surface area contributed by atoms with E-state index in [9.17, 15) is 14.0 Å². The van der Waals surface area contributed by atoms with Crippen molar-refractivity contribution in [2.45, 2.75) is 6.92 Å². The van der Waals surface area contributed by atoms with Crippen molar-refractivity contribution in [2.24, 2.45) is 0 Å². The first-order valence-corrected chi connectivity index (χ1v) is 8.84. The van der Waals surface area contributed by atoms with E-state index in [1.807, 2.05) is 30.3 Å². The van der Waals surface area contributed by atoms with E-state index >= 15 is 0 Å². The summed E-state index contributed by atoms with van der Waals surface area (Å²) in [4.78, 5) is 23.9. The number of fused-ring (bicyclic) bond motifs is 1. The highest BCUT2D eigenvalue weighted by atomic mass is 19.1. The highest BCUT2D eigenvalue weighted by molar-refractivity contribution is 6.07. The van der Waals surface area contributed by atoms with E-state index < -0.39 is 11.7 Å². The van der Waals surface area contributed by atoms with Crippen molar-refractivity contribution in [1.82, 2.24) is 5.16 Å². The number of aromatic nitrogens is 1. The highest BCUT2D eigenvalue weighted by Crippen LogP contribution is 2.29. The van der Waals surface area contributed by atoms with Gasteiger partial charge in [0.25, 0.3) is 5.91 Å². The molecule has 0 aliphatic heterocycles. The minimum atomic E-state index is -0.586. The zero-order valence-corrected chi connectivity index (χ0v) is 15.4. The Hall–Kier alpha value is -4.00. The van der Waals surface area contributed by atoms with Crippen LogP contribution in [0.3, 0.4) is 0 Å². The molecule has 0 aliphatic carbocycles. The summed E-state index contributed by atoms with van der Waals surface area (Å²) in [6, 6.07) is 18.5. The molecule has 2 N–H and O–H groups in total. The molecule has 0 atom stereocenters. The monoisotopic (exact) mass is 389 g/mol. The number of carbonyl (C=O) groups is 2. The first kappa shape index (κ1) is 18.4. The molecule has 1 aromatic heterocycles. The van der Waals surface area contributed by atoms with E-state index in [0.29, 0.717) is 27.9 Å². The molecular formula is C22H16FN3O3. The predicted molar refractivity (Wildman–Crippen MR) is 108 cm³/mol. The summed E-state index contributed by atoms with van der Waals surface area (Å²) in [5.41, 5.74) is 2.23. The Labute approximate surface area is 165 Å². The number of benzene rings is 3. The number of amides is 2. The summed E-state index contributed by atoms with van der Waals surface area (Å²) in [6.45, 7) is 1.28. The molecule has 0 unspecified atom stereocenters. The summed E-state index contributed by atoms with van der Waals surface area (Å²) in [5, 5.41) is 9.84. The van der Waals surface area contributed by atoms with Crippen LogP contribution in [0.25, 0.3) is 22.2 Å². The van der Waals surface area contributed by atoms with Crippen LogP contribution in [0, 0.1) is 5.82 Å². The summed E-state index contributed by atoms with van der Waals surface area (Å²) in [7, 11) is 0. The molecule has 0 bridgehead atoms. The summed E-state index contributed by atoms with van der Waals surface area (Å²) in [5.74, 6) is -0.798. The molecule has 0 aliphatic rings. The second-order valence-corrected chi connectivity index (χ2v) is 6.44. The van der Waals surface area contributed by atoms with Crippen LogP contribution in [0.1, 0.15) is 17.3 Å². The van der Waals surface area contributed by atoms with E-state index in [4.69, 9.17) is 4.52 Å². The molecule has 4 aromatic rings. The lowest BCUT2D eigenvalue weighted by Gasteiger charge is -2.09. The first-order chi connectivity index (χ1) is 14.0. The molecule has 0 saturated carbocycles. The highest BCUT2D eigenvalue weighted by Gasteiger charge is 2.15. The van der Waals surface area contributed by atoms with Gasteiger partial charge in [0.05, 0.1) is 11.1 Å². The number of hydrogen-bond donors (Lipinski definition) is 2. The minimum Gasteiger partial charge on any atom is -0.355 e. The number of rotatable bonds is 4. The van der Waals surface area contributed by atoms with Gasteiger partial charge < -0.3 is 15.2 Å². The molecule has 0 radical (unpaired) electrons. The number of carbonyl (C=O) groups excluding carboxylic acids is 2. The maximum Gasteiger partial charge on any atom is 0.255 e. The molecular weight excluding hydrogens is 373 g/mol. The molecule has 0 saturated heterocycles. The minimum absolute atomic E-state index is 0.00356. The van der Waals surface area contributed by atoms with Crippen LogP contribution in [0.4, 0.5) is 15.8 Å². The van der Waals surface area contributed by atoms with Crippen LogP contribution in [-0.4, -0.2) is 17.0 Å². The molecule has 6 nitrogen and oxygen atoms in total. The maximum absolute atomic E-state index is 13.8. The van der Waals surface area contributed by atoms with Crippen molar-refractivity contribution in [3.8, 4) is 11.3 Å². The zero-order chi connectivity index (χ0) is 20.4. The fraction of sp³-hybridized carbons (Fsp3) is 0.0455. The van der Waals surface area contributed by atoms with Crippen molar-refractivity contribution in [3.63, 3.8) is 0 Å². The first-order valence-electron chi connectivity index (χ1n) is 8.84. The number of halogens is 1. The second-order valence-electron chi connectivity index (χ2n) is 6.44. The number of anilines is 2. The van der Waals surface area contributed by atoms with Crippen LogP contribution in [-0.2, 0) is 4.79 Å². The number of nitrogens with one attached hydrogen (secondary N) is 2. The fourth-order valence-electron chi connectivity index (χ4n) is 2.97. The maximum atomic E-state index is 13.8. The van der Waals surface area contributed by atoms with Crippen LogP contribution >= 0.6 is 0 Å². The molecule has 7 heteroatoms. The molecule has 3 aromatic carbocycles. The van der Waals surface area contributed by atoms with Gasteiger partial charge in [-0.15, -0.1) is 0 Å². The van der Waals surface area contributed by atoms with Gasteiger partial charge in [0.1, 0.15) is 11.3 Å². The Morgan fingerprint density at radius 3 is 2.52 bits per heavy atom. The van der Waals surface area contributed by atoms with E-state index in [1.165, 1.54) is 25.1 Å². The Morgan fingerprint density at radius 2 is 1.76 bits per heavy atom. The molecule has 1 heterocycles. The smallest absolute Gasteiger partial charge is 0.255 e. The Kier molecular flexibility index (Phi) is 4.78.